The van der Waals surface area contributed by atoms with Crippen molar-refractivity contribution in [3.05, 3.63) is 47.3 Å². The fraction of sp³-hybridized carbons (Fsp3) is 0.444. The fourth-order valence-electron chi connectivity index (χ4n) is 2.86. The molecule has 0 atom stereocenters. The highest BCUT2D eigenvalue weighted by atomic mass is 16.5. The van der Waals surface area contributed by atoms with Crippen molar-refractivity contribution in [1.29, 1.82) is 0 Å². The molecule has 1 aliphatic rings. The Balaban J connectivity index is 1.40. The maximum absolute atomic E-state index is 11.9. The lowest BCUT2D eigenvalue weighted by Gasteiger charge is -2.15. The minimum absolute atomic E-state index is 0.0511. The number of aromatic nitrogens is 2. The number of ether oxygens (including phenoxy) is 2. The standard InChI is InChI=1S/C18H23N3O3/c1-23-16-7-5-14(6-8-16)12-24-13-18(22)19-10-15-11-20-21-9-3-2-4-17(15)21/h5-8,11H,2-4,9-10,12-13H2,1H3,(H,19,22). The highest BCUT2D eigenvalue weighted by molar-refractivity contribution is 5.77. The Morgan fingerprint density at radius 3 is 2.92 bits per heavy atom. The third kappa shape index (κ3) is 4.14. The smallest absolute Gasteiger partial charge is 0.246 e. The summed E-state index contributed by atoms with van der Waals surface area (Å²) in [7, 11) is 1.63. The van der Waals surface area contributed by atoms with Gasteiger partial charge in [-0.1, -0.05) is 12.1 Å². The van der Waals surface area contributed by atoms with Gasteiger partial charge in [0.2, 0.25) is 5.91 Å². The summed E-state index contributed by atoms with van der Waals surface area (Å²) >= 11 is 0. The van der Waals surface area contributed by atoms with Crippen molar-refractivity contribution in [1.82, 2.24) is 15.1 Å². The Kier molecular flexibility index (Phi) is 5.48. The lowest BCUT2D eigenvalue weighted by atomic mass is 10.1. The molecule has 2 heterocycles. The van der Waals surface area contributed by atoms with Crippen LogP contribution in [0.25, 0.3) is 0 Å². The Hall–Kier alpha value is -2.34. The summed E-state index contributed by atoms with van der Waals surface area (Å²) in [4.78, 5) is 11.9. The van der Waals surface area contributed by atoms with E-state index in [-0.39, 0.29) is 12.5 Å². The Morgan fingerprint density at radius 1 is 1.29 bits per heavy atom. The van der Waals surface area contributed by atoms with Crippen LogP contribution in [-0.4, -0.2) is 29.4 Å². The molecule has 0 saturated heterocycles. The summed E-state index contributed by atoms with van der Waals surface area (Å²) in [6.07, 6.45) is 5.27. The molecule has 2 aromatic rings. The molecule has 6 nitrogen and oxygen atoms in total. The van der Waals surface area contributed by atoms with Gasteiger partial charge in [0.25, 0.3) is 0 Å². The summed E-state index contributed by atoms with van der Waals surface area (Å²) in [5.41, 5.74) is 3.37. The lowest BCUT2D eigenvalue weighted by Crippen LogP contribution is -2.27. The van der Waals surface area contributed by atoms with Crippen LogP contribution in [0.4, 0.5) is 0 Å². The number of fused-ring (bicyclic) bond motifs is 1. The quantitative estimate of drug-likeness (QED) is 0.844. The topological polar surface area (TPSA) is 65.4 Å². The van der Waals surface area contributed by atoms with Gasteiger partial charge in [-0.15, -0.1) is 0 Å². The number of amides is 1. The van der Waals surface area contributed by atoms with Crippen LogP contribution in [0, 0.1) is 0 Å². The van der Waals surface area contributed by atoms with Crippen LogP contribution >= 0.6 is 0 Å². The molecule has 24 heavy (non-hydrogen) atoms. The Morgan fingerprint density at radius 2 is 2.12 bits per heavy atom. The van der Waals surface area contributed by atoms with Gasteiger partial charge >= 0.3 is 0 Å². The normalized spacial score (nSPS) is 13.4. The van der Waals surface area contributed by atoms with E-state index in [1.165, 1.54) is 18.5 Å². The van der Waals surface area contributed by atoms with Crippen molar-refractivity contribution in [2.45, 2.75) is 39.0 Å². The molecule has 6 heteroatoms. The molecule has 1 N–H and O–H groups in total. The zero-order valence-electron chi connectivity index (χ0n) is 14.0. The van der Waals surface area contributed by atoms with Gasteiger partial charge in [0, 0.05) is 24.3 Å². The van der Waals surface area contributed by atoms with Gasteiger partial charge in [-0.2, -0.15) is 5.10 Å². The number of hydrogen-bond acceptors (Lipinski definition) is 4. The van der Waals surface area contributed by atoms with Gasteiger partial charge < -0.3 is 14.8 Å². The number of rotatable bonds is 7. The van der Waals surface area contributed by atoms with Crippen molar-refractivity contribution in [3.8, 4) is 5.75 Å². The maximum Gasteiger partial charge on any atom is 0.246 e. The molecule has 0 saturated carbocycles. The number of benzene rings is 1. The van der Waals surface area contributed by atoms with Crippen molar-refractivity contribution in [3.63, 3.8) is 0 Å². The van der Waals surface area contributed by atoms with Crippen LogP contribution in [0.1, 0.15) is 29.7 Å². The average Bonchev–Trinajstić information content (AvgIpc) is 3.04. The second-order valence-electron chi connectivity index (χ2n) is 5.91. The molecular formula is C18H23N3O3. The maximum atomic E-state index is 11.9. The van der Waals surface area contributed by atoms with E-state index in [9.17, 15) is 4.79 Å². The van der Waals surface area contributed by atoms with E-state index in [2.05, 4.69) is 10.4 Å². The van der Waals surface area contributed by atoms with E-state index in [0.29, 0.717) is 13.2 Å². The summed E-state index contributed by atoms with van der Waals surface area (Å²) in [5, 5.41) is 7.28. The number of nitrogens with zero attached hydrogens (tertiary/aromatic N) is 2. The SMILES string of the molecule is COc1ccc(COCC(=O)NCc2cnn3c2CCCC3)cc1. The molecule has 3 rings (SSSR count). The van der Waals surface area contributed by atoms with Gasteiger partial charge in [0.15, 0.2) is 0 Å². The van der Waals surface area contributed by atoms with Gasteiger partial charge in [-0.3, -0.25) is 9.48 Å². The first-order valence-corrected chi connectivity index (χ1v) is 8.27. The molecule has 128 valence electrons. The summed E-state index contributed by atoms with van der Waals surface area (Å²) < 4.78 is 12.6. The minimum atomic E-state index is -0.112. The van der Waals surface area contributed by atoms with Gasteiger partial charge in [-0.05, 0) is 37.0 Å². The highest BCUT2D eigenvalue weighted by Crippen LogP contribution is 2.17. The van der Waals surface area contributed by atoms with Crippen molar-refractivity contribution in [2.75, 3.05) is 13.7 Å². The molecule has 0 unspecified atom stereocenters. The van der Waals surface area contributed by atoms with E-state index in [4.69, 9.17) is 9.47 Å². The minimum Gasteiger partial charge on any atom is -0.497 e. The third-order valence-electron chi connectivity index (χ3n) is 4.21. The molecule has 0 spiro atoms. The molecule has 1 amide bonds. The van der Waals surface area contributed by atoms with E-state index >= 15 is 0 Å². The predicted molar refractivity (Wildman–Crippen MR) is 89.7 cm³/mol. The summed E-state index contributed by atoms with van der Waals surface area (Å²) in [6, 6.07) is 7.61. The van der Waals surface area contributed by atoms with E-state index in [1.54, 1.807) is 7.11 Å². The first-order valence-electron chi connectivity index (χ1n) is 8.27. The monoisotopic (exact) mass is 329 g/mol. The third-order valence-corrected chi connectivity index (χ3v) is 4.21. The fourth-order valence-corrected chi connectivity index (χ4v) is 2.86. The first-order chi connectivity index (χ1) is 11.8. The predicted octanol–water partition coefficient (Wildman–Crippen LogP) is 2.06. The molecule has 1 aliphatic heterocycles. The molecule has 0 fully saturated rings. The highest BCUT2D eigenvalue weighted by Gasteiger charge is 2.14. The van der Waals surface area contributed by atoms with Crippen LogP contribution in [-0.2, 0) is 35.6 Å². The van der Waals surface area contributed by atoms with Crippen molar-refractivity contribution >= 4 is 5.91 Å². The first kappa shape index (κ1) is 16.5. The van der Waals surface area contributed by atoms with Crippen LogP contribution < -0.4 is 10.1 Å². The van der Waals surface area contributed by atoms with Gasteiger partial charge in [0.05, 0.1) is 19.9 Å². The van der Waals surface area contributed by atoms with E-state index in [0.717, 1.165) is 29.8 Å². The Bertz CT molecular complexity index is 679. The van der Waals surface area contributed by atoms with Crippen molar-refractivity contribution < 1.29 is 14.3 Å². The lowest BCUT2D eigenvalue weighted by molar-refractivity contribution is -0.126. The Labute approximate surface area is 141 Å². The molecule has 0 aliphatic carbocycles. The van der Waals surface area contributed by atoms with Crippen LogP contribution in [0.5, 0.6) is 5.75 Å². The van der Waals surface area contributed by atoms with Crippen LogP contribution in [0.15, 0.2) is 30.5 Å². The summed E-state index contributed by atoms with van der Waals surface area (Å²) in [5.74, 6) is 0.695. The number of methoxy groups -OCH3 is 1. The molecule has 1 aromatic heterocycles. The number of carbonyl (C=O) groups is 1. The molecule has 0 radical (unpaired) electrons. The van der Waals surface area contributed by atoms with Crippen LogP contribution in [0.3, 0.4) is 0 Å². The second kappa shape index (κ2) is 7.97. The van der Waals surface area contributed by atoms with E-state index in [1.807, 2.05) is 35.1 Å². The number of carbonyl (C=O) groups excluding carboxylic acids is 1. The second-order valence-corrected chi connectivity index (χ2v) is 5.91. The molecular weight excluding hydrogens is 306 g/mol. The van der Waals surface area contributed by atoms with Gasteiger partial charge in [0.1, 0.15) is 12.4 Å². The van der Waals surface area contributed by atoms with Gasteiger partial charge in [-0.25, -0.2) is 0 Å². The van der Waals surface area contributed by atoms with Crippen LogP contribution in [0.2, 0.25) is 0 Å². The molecule has 1 aromatic carbocycles. The number of hydrogen-bond donors (Lipinski definition) is 1. The van der Waals surface area contributed by atoms with Crippen molar-refractivity contribution in [2.24, 2.45) is 0 Å². The number of nitrogens with one attached hydrogen (secondary N) is 1. The largest absolute Gasteiger partial charge is 0.497 e. The molecule has 0 bridgehead atoms. The average molecular weight is 329 g/mol. The zero-order valence-corrected chi connectivity index (χ0v) is 14.0. The van der Waals surface area contributed by atoms with E-state index < -0.39 is 0 Å². The number of aryl methyl sites for hydroxylation is 1. The summed E-state index contributed by atoms with van der Waals surface area (Å²) in [6.45, 7) is 1.95. The zero-order chi connectivity index (χ0) is 16.8.